The third-order valence-electron chi connectivity index (χ3n) is 1.44. The molecular weight excluding hydrogens is 154 g/mol. The lowest BCUT2D eigenvalue weighted by molar-refractivity contribution is -0.110. The Bertz CT molecular complexity index is 120. The van der Waals surface area contributed by atoms with E-state index in [0.717, 1.165) is 12.8 Å². The SMILES string of the molecule is O=CCN1CCO[C@@H](Cl)C1. The Morgan fingerprint density at radius 2 is 2.60 bits per heavy atom. The Morgan fingerprint density at radius 3 is 3.20 bits per heavy atom. The Balaban J connectivity index is 2.24. The monoisotopic (exact) mass is 163 g/mol. The summed E-state index contributed by atoms with van der Waals surface area (Å²) in [6.45, 7) is 2.55. The summed E-state index contributed by atoms with van der Waals surface area (Å²) < 4.78 is 5.06. The quantitative estimate of drug-likeness (QED) is 0.427. The summed E-state index contributed by atoms with van der Waals surface area (Å²) in [5.41, 5.74) is -0.242. The molecule has 1 aliphatic heterocycles. The van der Waals surface area contributed by atoms with Crippen LogP contribution in [0.5, 0.6) is 0 Å². The van der Waals surface area contributed by atoms with E-state index in [0.29, 0.717) is 19.7 Å². The number of carbonyl (C=O) groups is 1. The molecule has 1 heterocycles. The Morgan fingerprint density at radius 1 is 1.80 bits per heavy atom. The minimum absolute atomic E-state index is 0.242. The van der Waals surface area contributed by atoms with Crippen LogP contribution in [0.25, 0.3) is 0 Å². The van der Waals surface area contributed by atoms with E-state index >= 15 is 0 Å². The van der Waals surface area contributed by atoms with Crippen molar-refractivity contribution in [1.29, 1.82) is 0 Å². The Kier molecular flexibility index (Phi) is 3.12. The Labute approximate surface area is 64.9 Å². The van der Waals surface area contributed by atoms with Gasteiger partial charge >= 0.3 is 0 Å². The van der Waals surface area contributed by atoms with Gasteiger partial charge in [-0.15, -0.1) is 0 Å². The maximum atomic E-state index is 10.1. The highest BCUT2D eigenvalue weighted by Gasteiger charge is 2.16. The topological polar surface area (TPSA) is 29.5 Å². The number of ether oxygens (including phenoxy) is 1. The summed E-state index contributed by atoms with van der Waals surface area (Å²) in [4.78, 5) is 12.0. The van der Waals surface area contributed by atoms with E-state index in [-0.39, 0.29) is 5.56 Å². The molecule has 0 radical (unpaired) electrons. The van der Waals surface area contributed by atoms with Crippen LogP contribution in [0.15, 0.2) is 0 Å². The van der Waals surface area contributed by atoms with Gasteiger partial charge in [-0.25, -0.2) is 0 Å². The van der Waals surface area contributed by atoms with Crippen molar-refractivity contribution in [2.24, 2.45) is 0 Å². The molecule has 0 aliphatic carbocycles. The van der Waals surface area contributed by atoms with Gasteiger partial charge in [-0.1, -0.05) is 11.6 Å². The summed E-state index contributed by atoms with van der Waals surface area (Å²) in [5.74, 6) is 0. The third-order valence-corrected chi connectivity index (χ3v) is 1.70. The minimum atomic E-state index is -0.242. The first-order valence-corrected chi connectivity index (χ1v) is 3.68. The van der Waals surface area contributed by atoms with E-state index in [1.807, 2.05) is 4.90 Å². The average Bonchev–Trinajstić information content (AvgIpc) is 1.88. The van der Waals surface area contributed by atoms with Gasteiger partial charge in [0.1, 0.15) is 11.8 Å². The fourth-order valence-electron chi connectivity index (χ4n) is 0.928. The second-order valence-corrected chi connectivity index (χ2v) is 2.69. The van der Waals surface area contributed by atoms with E-state index in [1.165, 1.54) is 0 Å². The maximum Gasteiger partial charge on any atom is 0.143 e. The van der Waals surface area contributed by atoms with Crippen LogP contribution in [-0.4, -0.2) is 43.0 Å². The fraction of sp³-hybridized carbons (Fsp3) is 0.833. The molecular formula is C6H10ClNO2. The third kappa shape index (κ3) is 2.25. The first-order chi connectivity index (χ1) is 4.83. The van der Waals surface area contributed by atoms with E-state index in [2.05, 4.69) is 0 Å². The number of alkyl halides is 1. The molecule has 0 N–H and O–H groups in total. The predicted octanol–water partition coefficient (Wildman–Crippen LogP) is 0.0824. The number of rotatable bonds is 2. The number of hydrogen-bond acceptors (Lipinski definition) is 3. The van der Waals surface area contributed by atoms with Crippen molar-refractivity contribution in [3.05, 3.63) is 0 Å². The zero-order valence-electron chi connectivity index (χ0n) is 5.62. The van der Waals surface area contributed by atoms with Gasteiger partial charge in [0.2, 0.25) is 0 Å². The van der Waals surface area contributed by atoms with Gasteiger partial charge in [-0.05, 0) is 0 Å². The summed E-state index contributed by atoms with van der Waals surface area (Å²) in [6, 6.07) is 0. The van der Waals surface area contributed by atoms with Crippen molar-refractivity contribution in [3.8, 4) is 0 Å². The molecule has 0 unspecified atom stereocenters. The number of morpholine rings is 1. The van der Waals surface area contributed by atoms with Gasteiger partial charge in [-0.2, -0.15) is 0 Å². The van der Waals surface area contributed by atoms with Crippen LogP contribution in [0, 0.1) is 0 Å². The lowest BCUT2D eigenvalue weighted by atomic mass is 10.4. The molecule has 4 heteroatoms. The Hall–Kier alpha value is -0.120. The van der Waals surface area contributed by atoms with E-state index in [9.17, 15) is 4.79 Å². The zero-order valence-corrected chi connectivity index (χ0v) is 6.38. The molecule has 1 saturated heterocycles. The molecule has 0 aromatic carbocycles. The van der Waals surface area contributed by atoms with Crippen molar-refractivity contribution < 1.29 is 9.53 Å². The molecule has 58 valence electrons. The molecule has 0 saturated carbocycles. The second-order valence-electron chi connectivity index (χ2n) is 2.21. The molecule has 0 aromatic rings. The van der Waals surface area contributed by atoms with Crippen molar-refractivity contribution >= 4 is 17.9 Å². The standard InChI is InChI=1S/C6H10ClNO2/c7-6-5-8(1-3-9)2-4-10-6/h3,6H,1-2,4-5H2/t6-/m1/s1. The highest BCUT2D eigenvalue weighted by atomic mass is 35.5. The fourth-order valence-corrected chi connectivity index (χ4v) is 1.21. The lowest BCUT2D eigenvalue weighted by Gasteiger charge is -2.27. The normalized spacial score (nSPS) is 28.3. The molecule has 0 spiro atoms. The first-order valence-electron chi connectivity index (χ1n) is 3.24. The summed E-state index contributed by atoms with van der Waals surface area (Å²) >= 11 is 5.67. The van der Waals surface area contributed by atoms with Crippen molar-refractivity contribution in [2.45, 2.75) is 5.56 Å². The van der Waals surface area contributed by atoms with Crippen LogP contribution in [-0.2, 0) is 9.53 Å². The predicted molar refractivity (Wildman–Crippen MR) is 38.1 cm³/mol. The molecule has 0 amide bonds. The van der Waals surface area contributed by atoms with Gasteiger partial charge in [0.15, 0.2) is 0 Å². The van der Waals surface area contributed by atoms with Crippen LogP contribution in [0.2, 0.25) is 0 Å². The highest BCUT2D eigenvalue weighted by Crippen LogP contribution is 2.06. The molecule has 1 rings (SSSR count). The minimum Gasteiger partial charge on any atom is -0.360 e. The van der Waals surface area contributed by atoms with Gasteiger partial charge < -0.3 is 9.53 Å². The summed E-state index contributed by atoms with van der Waals surface area (Å²) in [6.07, 6.45) is 0.884. The molecule has 0 aromatic heterocycles. The molecule has 1 aliphatic rings. The number of carbonyl (C=O) groups excluding carboxylic acids is 1. The second kappa shape index (κ2) is 3.91. The molecule has 0 bridgehead atoms. The van der Waals surface area contributed by atoms with Crippen molar-refractivity contribution in [2.75, 3.05) is 26.2 Å². The molecule has 10 heavy (non-hydrogen) atoms. The van der Waals surface area contributed by atoms with Crippen LogP contribution in [0.3, 0.4) is 0 Å². The van der Waals surface area contributed by atoms with Crippen LogP contribution < -0.4 is 0 Å². The van der Waals surface area contributed by atoms with Gasteiger partial charge in [0, 0.05) is 13.1 Å². The number of halogens is 1. The van der Waals surface area contributed by atoms with Gasteiger partial charge in [0.05, 0.1) is 13.2 Å². The van der Waals surface area contributed by atoms with E-state index < -0.39 is 0 Å². The van der Waals surface area contributed by atoms with Crippen molar-refractivity contribution in [1.82, 2.24) is 4.90 Å². The molecule has 1 atom stereocenters. The van der Waals surface area contributed by atoms with Crippen LogP contribution in [0.4, 0.5) is 0 Å². The lowest BCUT2D eigenvalue weighted by Crippen LogP contribution is -2.40. The van der Waals surface area contributed by atoms with Crippen molar-refractivity contribution in [3.63, 3.8) is 0 Å². The van der Waals surface area contributed by atoms with E-state index in [4.69, 9.17) is 16.3 Å². The number of hydrogen-bond donors (Lipinski definition) is 0. The molecule has 1 fully saturated rings. The summed E-state index contributed by atoms with van der Waals surface area (Å²) in [5, 5.41) is 0. The maximum absolute atomic E-state index is 10.1. The summed E-state index contributed by atoms with van der Waals surface area (Å²) in [7, 11) is 0. The molecule has 3 nitrogen and oxygen atoms in total. The largest absolute Gasteiger partial charge is 0.360 e. The van der Waals surface area contributed by atoms with Gasteiger partial charge in [0.25, 0.3) is 0 Å². The number of aldehydes is 1. The van der Waals surface area contributed by atoms with E-state index in [1.54, 1.807) is 0 Å². The number of nitrogens with zero attached hydrogens (tertiary/aromatic N) is 1. The highest BCUT2D eigenvalue weighted by molar-refractivity contribution is 6.19. The zero-order chi connectivity index (χ0) is 7.40. The van der Waals surface area contributed by atoms with Gasteiger partial charge in [-0.3, -0.25) is 4.90 Å². The first kappa shape index (κ1) is 7.98. The van der Waals surface area contributed by atoms with Crippen LogP contribution >= 0.6 is 11.6 Å². The smallest absolute Gasteiger partial charge is 0.143 e. The van der Waals surface area contributed by atoms with Crippen LogP contribution in [0.1, 0.15) is 0 Å². The average molecular weight is 164 g/mol.